The molecule has 0 amide bonds. The summed E-state index contributed by atoms with van der Waals surface area (Å²) in [4.78, 5) is 7.94. The molecule has 0 spiro atoms. The summed E-state index contributed by atoms with van der Waals surface area (Å²) in [6, 6.07) is 4.78. The molecule has 4 nitrogen and oxygen atoms in total. The second kappa shape index (κ2) is 2.66. The zero-order valence-electron chi connectivity index (χ0n) is 7.55. The largest absolute Gasteiger partial charge is 0.427 e. The van der Waals surface area contributed by atoms with Gasteiger partial charge in [0, 0.05) is 17.1 Å². The number of fused-ring (bicyclic) bond motifs is 3. The first-order valence-electron chi connectivity index (χ1n) is 4.37. The minimum absolute atomic E-state index is 0.380. The average Bonchev–Trinajstić information content (AvgIpc) is 2.58. The lowest BCUT2D eigenvalue weighted by Crippen LogP contribution is -1.96. The van der Waals surface area contributed by atoms with Gasteiger partial charge in [-0.15, -0.1) is 0 Å². The third-order valence-corrected chi connectivity index (χ3v) is 2.28. The molecule has 1 aromatic rings. The van der Waals surface area contributed by atoms with Gasteiger partial charge in [-0.3, -0.25) is 0 Å². The van der Waals surface area contributed by atoms with Crippen LogP contribution in [-0.2, 0) is 0 Å². The molecule has 0 saturated heterocycles. The first-order chi connectivity index (χ1) is 7.25. The number of rotatable bonds is 0. The van der Waals surface area contributed by atoms with Crippen molar-refractivity contribution >= 4 is 11.0 Å². The molecule has 0 radical (unpaired) electrons. The van der Waals surface area contributed by atoms with Crippen molar-refractivity contribution in [3.8, 4) is 11.4 Å². The molecule has 1 N–H and O–H groups in total. The highest BCUT2D eigenvalue weighted by atomic mass is 19.1. The van der Waals surface area contributed by atoms with Gasteiger partial charge in [0.15, 0.2) is 11.5 Å². The van der Waals surface area contributed by atoms with Gasteiger partial charge >= 0.3 is 0 Å². The van der Waals surface area contributed by atoms with E-state index in [2.05, 4.69) is 9.97 Å². The van der Waals surface area contributed by atoms with E-state index < -0.39 is 5.82 Å². The molecule has 0 bridgehead atoms. The van der Waals surface area contributed by atoms with Crippen LogP contribution in [0.3, 0.4) is 0 Å². The van der Waals surface area contributed by atoms with Crippen LogP contribution < -0.4 is 0 Å². The molecule has 0 fully saturated rings. The Morgan fingerprint density at radius 2 is 2.27 bits per heavy atom. The molecule has 1 aromatic heterocycles. The fourth-order valence-corrected chi connectivity index (χ4v) is 1.63. The van der Waals surface area contributed by atoms with Gasteiger partial charge in [-0.1, -0.05) is 0 Å². The Bertz CT molecular complexity index is 619. The van der Waals surface area contributed by atoms with Crippen LogP contribution in [0.4, 0.5) is 4.39 Å². The van der Waals surface area contributed by atoms with E-state index >= 15 is 0 Å². The molecule has 74 valence electrons. The van der Waals surface area contributed by atoms with Crippen LogP contribution in [0.25, 0.3) is 22.4 Å². The van der Waals surface area contributed by atoms with E-state index in [4.69, 9.17) is 0 Å². The molecule has 2 aliphatic rings. The number of halogens is 1. The average molecular weight is 203 g/mol. The Hall–Kier alpha value is -2.17. The highest BCUT2D eigenvalue weighted by Crippen LogP contribution is 2.29. The fourth-order valence-electron chi connectivity index (χ4n) is 1.63. The monoisotopic (exact) mass is 203 g/mol. The summed E-state index contributed by atoms with van der Waals surface area (Å²) in [5.41, 5.74) is 1.11. The first kappa shape index (κ1) is 8.16. The zero-order chi connectivity index (χ0) is 10.4. The molecule has 3 rings (SSSR count). The van der Waals surface area contributed by atoms with Crippen LogP contribution in [0.2, 0.25) is 0 Å². The summed E-state index contributed by atoms with van der Waals surface area (Å²) in [5, 5.41) is 10.1. The Balaban J connectivity index is 2.50. The minimum atomic E-state index is -0.412. The van der Waals surface area contributed by atoms with E-state index in [9.17, 15) is 9.60 Å². The number of hydrogen-bond acceptors (Lipinski definition) is 3. The van der Waals surface area contributed by atoms with Crippen molar-refractivity contribution in [3.63, 3.8) is 0 Å². The molecule has 2 aliphatic heterocycles. The van der Waals surface area contributed by atoms with Crippen molar-refractivity contribution in [3.05, 3.63) is 36.4 Å². The van der Waals surface area contributed by atoms with Crippen molar-refractivity contribution in [2.45, 2.75) is 0 Å². The Morgan fingerprint density at radius 1 is 1.40 bits per heavy atom. The second-order valence-electron chi connectivity index (χ2n) is 3.23. The smallest absolute Gasteiger partial charge is 0.178 e. The lowest BCUT2D eigenvalue weighted by atomic mass is 10.2. The van der Waals surface area contributed by atoms with E-state index in [0.717, 1.165) is 10.9 Å². The molecule has 0 unspecified atom stereocenters. The molecule has 3 heterocycles. The lowest BCUT2D eigenvalue weighted by Gasteiger charge is -2.01. The maximum absolute atomic E-state index is 13.0. The fraction of sp³-hybridized carbons (Fsp3) is 0. The Morgan fingerprint density at radius 3 is 3.13 bits per heavy atom. The third kappa shape index (κ3) is 1.06. The van der Waals surface area contributed by atoms with Crippen LogP contribution in [0, 0.1) is 5.82 Å². The van der Waals surface area contributed by atoms with Crippen molar-refractivity contribution in [2.75, 3.05) is 0 Å². The van der Waals surface area contributed by atoms with Gasteiger partial charge in [-0.05, 0) is 18.2 Å². The number of pyridine rings is 2. The van der Waals surface area contributed by atoms with Crippen LogP contribution in [-0.4, -0.2) is 19.9 Å². The van der Waals surface area contributed by atoms with E-state index in [-0.39, 0.29) is 0 Å². The predicted molar refractivity (Wildman–Crippen MR) is 51.3 cm³/mol. The lowest BCUT2D eigenvalue weighted by molar-refractivity contribution is 0.187. The zero-order valence-corrected chi connectivity index (χ0v) is 7.55. The predicted octanol–water partition coefficient (Wildman–Crippen LogP) is 1.91. The molecule has 0 saturated carbocycles. The van der Waals surface area contributed by atoms with E-state index in [1.54, 1.807) is 12.1 Å². The number of nitrogens with zero attached hydrogens (tertiary/aromatic N) is 3. The van der Waals surface area contributed by atoms with Crippen LogP contribution >= 0.6 is 0 Å². The summed E-state index contributed by atoms with van der Waals surface area (Å²) >= 11 is 0. The quantitative estimate of drug-likeness (QED) is 0.568. The standard InChI is InChI=1S/C10H6FN3O/c11-6-4-8-7-2-1-3-14(15)10(7)13-9(8)12-5-6/h1-5,15H. The van der Waals surface area contributed by atoms with E-state index in [1.807, 2.05) is 0 Å². The number of aromatic nitrogens is 3. The summed E-state index contributed by atoms with van der Waals surface area (Å²) < 4.78 is 13.9. The summed E-state index contributed by atoms with van der Waals surface area (Å²) in [6.45, 7) is 0. The van der Waals surface area contributed by atoms with Gasteiger partial charge in [-0.25, -0.2) is 14.4 Å². The topological polar surface area (TPSA) is 50.9 Å². The molecule has 0 aromatic carbocycles. The number of hydrogen-bond donors (Lipinski definition) is 1. The van der Waals surface area contributed by atoms with Gasteiger partial charge in [0.25, 0.3) is 0 Å². The van der Waals surface area contributed by atoms with E-state index in [0.29, 0.717) is 22.4 Å². The van der Waals surface area contributed by atoms with Crippen molar-refractivity contribution < 1.29 is 9.60 Å². The molecule has 15 heavy (non-hydrogen) atoms. The van der Waals surface area contributed by atoms with Gasteiger partial charge in [0.05, 0.1) is 6.20 Å². The summed E-state index contributed by atoms with van der Waals surface area (Å²) in [7, 11) is 0. The minimum Gasteiger partial charge on any atom is -0.427 e. The van der Waals surface area contributed by atoms with Gasteiger partial charge in [-0.2, -0.15) is 4.73 Å². The maximum Gasteiger partial charge on any atom is 0.178 e. The second-order valence-corrected chi connectivity index (χ2v) is 3.23. The normalized spacial score (nSPS) is 11.3. The van der Waals surface area contributed by atoms with Gasteiger partial charge in [0.2, 0.25) is 0 Å². The molecular formula is C10H6FN3O. The summed E-state index contributed by atoms with van der Waals surface area (Å²) in [6.07, 6.45) is 2.57. The van der Waals surface area contributed by atoms with E-state index in [1.165, 1.54) is 12.3 Å². The van der Waals surface area contributed by atoms with Crippen molar-refractivity contribution in [1.82, 2.24) is 14.7 Å². The van der Waals surface area contributed by atoms with Crippen molar-refractivity contribution in [2.24, 2.45) is 0 Å². The molecule has 0 aliphatic carbocycles. The Kier molecular flexibility index (Phi) is 1.45. The van der Waals surface area contributed by atoms with Crippen LogP contribution in [0.5, 0.6) is 0 Å². The third-order valence-electron chi connectivity index (χ3n) is 2.28. The SMILES string of the molecule is On1cccc2c3cc(F)cnc3nc1-2. The van der Waals surface area contributed by atoms with Crippen LogP contribution in [0.15, 0.2) is 30.6 Å². The molecular weight excluding hydrogens is 197 g/mol. The highest BCUT2D eigenvalue weighted by Gasteiger charge is 2.15. The van der Waals surface area contributed by atoms with Crippen LogP contribution in [0.1, 0.15) is 0 Å². The molecule has 0 atom stereocenters. The van der Waals surface area contributed by atoms with Crippen molar-refractivity contribution in [1.29, 1.82) is 0 Å². The maximum atomic E-state index is 13.0. The summed E-state index contributed by atoms with van der Waals surface area (Å²) in [5.74, 6) is -0.0317. The van der Waals surface area contributed by atoms with Gasteiger partial charge in [0.1, 0.15) is 5.82 Å². The first-order valence-corrected chi connectivity index (χ1v) is 4.37. The van der Waals surface area contributed by atoms with Gasteiger partial charge < -0.3 is 5.21 Å². The Labute approximate surface area is 83.9 Å². The highest BCUT2D eigenvalue weighted by molar-refractivity contribution is 5.94. The molecule has 5 heteroatoms.